The van der Waals surface area contributed by atoms with Crippen molar-refractivity contribution in [3.8, 4) is 5.75 Å². The van der Waals surface area contributed by atoms with Crippen LogP contribution in [0.1, 0.15) is 47.5 Å². The molecule has 1 fully saturated rings. The van der Waals surface area contributed by atoms with Crippen molar-refractivity contribution in [1.29, 1.82) is 0 Å². The van der Waals surface area contributed by atoms with Gasteiger partial charge in [-0.3, -0.25) is 0 Å². The average molecular weight is 232 g/mol. The number of rotatable bonds is 1. The molecule has 3 rings (SSSR count). The van der Waals surface area contributed by atoms with Gasteiger partial charge in [0.25, 0.3) is 0 Å². The van der Waals surface area contributed by atoms with Crippen LogP contribution in [0.3, 0.4) is 0 Å². The Hall–Kier alpha value is -1.51. The zero-order valence-electron chi connectivity index (χ0n) is 9.94. The molecule has 1 aromatic rings. The molecule has 0 saturated heterocycles. The van der Waals surface area contributed by atoms with Gasteiger partial charge in [-0.05, 0) is 31.4 Å². The van der Waals surface area contributed by atoms with Crippen LogP contribution in [-0.4, -0.2) is 19.2 Å². The fourth-order valence-electron chi connectivity index (χ4n) is 2.94. The normalized spacial score (nSPS) is 25.7. The SMILES string of the molecule is COC(=O)c1ccc2c(c1)OC1CCCCC21. The second-order valence-corrected chi connectivity index (χ2v) is 4.79. The molecule has 90 valence electrons. The summed E-state index contributed by atoms with van der Waals surface area (Å²) >= 11 is 0. The minimum atomic E-state index is -0.300. The molecule has 17 heavy (non-hydrogen) atoms. The Morgan fingerprint density at radius 3 is 3.00 bits per heavy atom. The molecule has 3 heteroatoms. The van der Waals surface area contributed by atoms with Gasteiger partial charge in [0, 0.05) is 11.5 Å². The molecule has 2 unspecified atom stereocenters. The van der Waals surface area contributed by atoms with Gasteiger partial charge in [0.05, 0.1) is 12.7 Å². The van der Waals surface area contributed by atoms with E-state index in [0.717, 1.165) is 12.2 Å². The van der Waals surface area contributed by atoms with Crippen LogP contribution in [0.4, 0.5) is 0 Å². The first-order valence-corrected chi connectivity index (χ1v) is 6.18. The number of esters is 1. The summed E-state index contributed by atoms with van der Waals surface area (Å²) in [5.41, 5.74) is 1.84. The van der Waals surface area contributed by atoms with E-state index in [1.54, 1.807) is 0 Å². The zero-order chi connectivity index (χ0) is 11.8. The Balaban J connectivity index is 1.94. The van der Waals surface area contributed by atoms with E-state index in [1.165, 1.54) is 31.9 Å². The number of carbonyl (C=O) groups is 1. The smallest absolute Gasteiger partial charge is 0.337 e. The Morgan fingerprint density at radius 2 is 2.18 bits per heavy atom. The molecule has 0 radical (unpaired) electrons. The van der Waals surface area contributed by atoms with Crippen LogP contribution in [0, 0.1) is 0 Å². The molecular weight excluding hydrogens is 216 g/mol. The van der Waals surface area contributed by atoms with Crippen molar-refractivity contribution < 1.29 is 14.3 Å². The van der Waals surface area contributed by atoms with Gasteiger partial charge in [-0.2, -0.15) is 0 Å². The van der Waals surface area contributed by atoms with E-state index in [2.05, 4.69) is 0 Å². The van der Waals surface area contributed by atoms with Crippen molar-refractivity contribution >= 4 is 5.97 Å². The first kappa shape index (κ1) is 10.6. The van der Waals surface area contributed by atoms with Gasteiger partial charge in [-0.25, -0.2) is 4.79 Å². The second-order valence-electron chi connectivity index (χ2n) is 4.79. The largest absolute Gasteiger partial charge is 0.489 e. The van der Waals surface area contributed by atoms with Crippen molar-refractivity contribution in [2.24, 2.45) is 0 Å². The quantitative estimate of drug-likeness (QED) is 0.698. The van der Waals surface area contributed by atoms with Crippen LogP contribution in [0.2, 0.25) is 0 Å². The van der Waals surface area contributed by atoms with Crippen molar-refractivity contribution in [2.45, 2.75) is 37.7 Å². The van der Waals surface area contributed by atoms with Crippen LogP contribution in [-0.2, 0) is 4.74 Å². The maximum atomic E-state index is 11.4. The third-order valence-corrected chi connectivity index (χ3v) is 3.82. The molecule has 1 saturated carbocycles. The highest BCUT2D eigenvalue weighted by Crippen LogP contribution is 2.45. The number of ether oxygens (including phenoxy) is 2. The molecule has 0 N–H and O–H groups in total. The van der Waals surface area contributed by atoms with Crippen molar-refractivity contribution in [3.63, 3.8) is 0 Å². The molecule has 3 nitrogen and oxygen atoms in total. The lowest BCUT2D eigenvalue weighted by molar-refractivity contribution is 0.0600. The van der Waals surface area contributed by atoms with Crippen LogP contribution in [0.15, 0.2) is 18.2 Å². The predicted octanol–water partition coefficient (Wildman–Crippen LogP) is 2.89. The van der Waals surface area contributed by atoms with Gasteiger partial charge < -0.3 is 9.47 Å². The minimum Gasteiger partial charge on any atom is -0.489 e. The summed E-state index contributed by atoms with van der Waals surface area (Å²) < 4.78 is 10.7. The molecule has 1 aromatic carbocycles. The van der Waals surface area contributed by atoms with Crippen LogP contribution < -0.4 is 4.74 Å². The third kappa shape index (κ3) is 1.70. The number of hydrogen-bond donors (Lipinski definition) is 0. The van der Waals surface area contributed by atoms with Crippen molar-refractivity contribution in [2.75, 3.05) is 7.11 Å². The Bertz CT molecular complexity index is 453. The summed E-state index contributed by atoms with van der Waals surface area (Å²) in [6.07, 6.45) is 5.19. The Morgan fingerprint density at radius 1 is 1.35 bits per heavy atom. The monoisotopic (exact) mass is 232 g/mol. The topological polar surface area (TPSA) is 35.5 Å². The lowest BCUT2D eigenvalue weighted by atomic mass is 9.83. The molecular formula is C14H16O3. The van der Waals surface area contributed by atoms with Gasteiger partial charge >= 0.3 is 5.97 Å². The summed E-state index contributed by atoms with van der Waals surface area (Å²) in [5, 5.41) is 0. The Labute approximate surface area is 101 Å². The van der Waals surface area contributed by atoms with Gasteiger partial charge in [0.1, 0.15) is 11.9 Å². The molecule has 0 aromatic heterocycles. The highest BCUT2D eigenvalue weighted by atomic mass is 16.5. The van der Waals surface area contributed by atoms with Crippen LogP contribution in [0.25, 0.3) is 0 Å². The highest BCUT2D eigenvalue weighted by molar-refractivity contribution is 5.90. The molecule has 2 aliphatic rings. The summed E-state index contributed by atoms with van der Waals surface area (Å²) in [5.74, 6) is 1.11. The van der Waals surface area contributed by atoms with Gasteiger partial charge in [0.15, 0.2) is 0 Å². The molecule has 2 atom stereocenters. The van der Waals surface area contributed by atoms with E-state index in [-0.39, 0.29) is 5.97 Å². The fraction of sp³-hybridized carbons (Fsp3) is 0.500. The van der Waals surface area contributed by atoms with Gasteiger partial charge in [-0.15, -0.1) is 0 Å². The summed E-state index contributed by atoms with van der Waals surface area (Å²) in [6.45, 7) is 0. The van der Waals surface area contributed by atoms with E-state index < -0.39 is 0 Å². The van der Waals surface area contributed by atoms with E-state index in [9.17, 15) is 4.79 Å². The fourth-order valence-corrected chi connectivity index (χ4v) is 2.94. The average Bonchev–Trinajstić information content (AvgIpc) is 2.75. The first-order chi connectivity index (χ1) is 8.29. The summed E-state index contributed by atoms with van der Waals surface area (Å²) in [4.78, 5) is 11.4. The van der Waals surface area contributed by atoms with Crippen molar-refractivity contribution in [1.82, 2.24) is 0 Å². The number of hydrogen-bond acceptors (Lipinski definition) is 3. The van der Waals surface area contributed by atoms with E-state index >= 15 is 0 Å². The third-order valence-electron chi connectivity index (χ3n) is 3.82. The van der Waals surface area contributed by atoms with Gasteiger partial charge in [0.2, 0.25) is 0 Å². The summed E-state index contributed by atoms with van der Waals surface area (Å²) in [7, 11) is 1.40. The molecule has 0 bridgehead atoms. The molecule has 1 heterocycles. The molecule has 1 aliphatic carbocycles. The molecule has 1 aliphatic heterocycles. The maximum Gasteiger partial charge on any atom is 0.337 e. The lowest BCUT2D eigenvalue weighted by Gasteiger charge is -2.23. The number of benzene rings is 1. The van der Waals surface area contributed by atoms with Crippen LogP contribution >= 0.6 is 0 Å². The second kappa shape index (κ2) is 4.06. The highest BCUT2D eigenvalue weighted by Gasteiger charge is 2.36. The maximum absolute atomic E-state index is 11.4. The molecule has 0 amide bonds. The van der Waals surface area contributed by atoms with E-state index in [4.69, 9.17) is 9.47 Å². The number of carbonyl (C=O) groups excluding carboxylic acids is 1. The first-order valence-electron chi connectivity index (χ1n) is 6.18. The lowest BCUT2D eigenvalue weighted by Crippen LogP contribution is -2.22. The standard InChI is InChI=1S/C14H16O3/c1-16-14(15)9-6-7-11-10-4-2-3-5-12(10)17-13(11)8-9/h6-8,10,12H,2-5H2,1H3. The Kier molecular flexibility index (Phi) is 2.54. The van der Waals surface area contributed by atoms with Gasteiger partial charge in [-0.1, -0.05) is 12.5 Å². The van der Waals surface area contributed by atoms with Crippen LogP contribution in [0.5, 0.6) is 5.75 Å². The number of methoxy groups -OCH3 is 1. The van der Waals surface area contributed by atoms with E-state index in [0.29, 0.717) is 17.6 Å². The zero-order valence-corrected chi connectivity index (χ0v) is 9.94. The summed E-state index contributed by atoms with van der Waals surface area (Å²) in [6, 6.07) is 5.68. The number of fused-ring (bicyclic) bond motifs is 3. The van der Waals surface area contributed by atoms with E-state index in [1.807, 2.05) is 18.2 Å². The van der Waals surface area contributed by atoms with Crippen molar-refractivity contribution in [3.05, 3.63) is 29.3 Å². The minimum absolute atomic E-state index is 0.300. The predicted molar refractivity (Wildman–Crippen MR) is 63.4 cm³/mol. The molecule has 0 spiro atoms.